The highest BCUT2D eigenvalue weighted by atomic mass is 16.5. The molecular formula is C79H117N5O33. The Morgan fingerprint density at radius 1 is 0.359 bits per heavy atom. The number of Topliss-reactive ketones (excluding diaryl/α,β-unsaturated/α-hetero) is 2. The highest BCUT2D eigenvalue weighted by Gasteiger charge is 2.32. The Labute approximate surface area is 679 Å². The summed E-state index contributed by atoms with van der Waals surface area (Å²) in [7, 11) is 0. The third-order valence-corrected chi connectivity index (χ3v) is 16.0. The van der Waals surface area contributed by atoms with E-state index in [0.717, 1.165) is 11.1 Å². The molecule has 0 aliphatic heterocycles. The summed E-state index contributed by atoms with van der Waals surface area (Å²) in [4.78, 5) is 200. The van der Waals surface area contributed by atoms with Crippen LogP contribution in [0.15, 0.2) is 91.0 Å². The van der Waals surface area contributed by atoms with E-state index in [1.807, 2.05) is 32.5 Å². The van der Waals surface area contributed by atoms with Gasteiger partial charge in [0.15, 0.2) is 5.78 Å². The maximum Gasteiger partial charge on any atom is 0.328 e. The molecule has 117 heavy (non-hydrogen) atoms. The Hall–Kier alpha value is -10.7. The molecule has 4 atom stereocenters. The molecular weight excluding hydrogens is 1550 g/mol. The van der Waals surface area contributed by atoms with Gasteiger partial charge >= 0.3 is 41.8 Å². The number of hydrogen-bond acceptors (Lipinski definition) is 29. The average molecular weight is 1660 g/mol. The maximum absolute atomic E-state index is 13.9. The number of aliphatic carboxylic acids is 4. The molecule has 0 aliphatic carbocycles. The van der Waals surface area contributed by atoms with Gasteiger partial charge in [0.05, 0.1) is 38.8 Å². The number of hydrogen-bond donors (Lipinski definition) is 12. The van der Waals surface area contributed by atoms with Gasteiger partial charge in [0, 0.05) is 143 Å². The van der Waals surface area contributed by atoms with Crippen molar-refractivity contribution in [3.63, 3.8) is 0 Å². The molecule has 5 amide bonds. The number of nitrogens with one attached hydrogen (secondary N) is 2. The average Bonchev–Trinajstić information content (AvgIpc) is 0.871. The van der Waals surface area contributed by atoms with Crippen LogP contribution in [0.25, 0.3) is 0 Å². The van der Waals surface area contributed by atoms with E-state index in [1.54, 1.807) is 78.9 Å². The normalized spacial score (nSPS) is 11.3. The van der Waals surface area contributed by atoms with E-state index in [9.17, 15) is 77.3 Å². The first-order chi connectivity index (χ1) is 56.3. The van der Waals surface area contributed by atoms with Crippen LogP contribution in [-0.4, -0.2) is 300 Å². The molecule has 0 bridgehead atoms. The van der Waals surface area contributed by atoms with Crippen molar-refractivity contribution in [2.24, 2.45) is 11.8 Å². The summed E-state index contributed by atoms with van der Waals surface area (Å²) in [5.74, 6) is -13.3. The second kappa shape index (κ2) is 74.1. The first kappa shape index (κ1) is 110. The summed E-state index contributed by atoms with van der Waals surface area (Å²) in [5.41, 5.74) is 2.20. The van der Waals surface area contributed by atoms with Crippen LogP contribution in [0, 0.1) is 11.8 Å². The molecule has 0 saturated carbocycles. The van der Waals surface area contributed by atoms with Crippen LogP contribution in [0.1, 0.15) is 139 Å². The number of aliphatic hydroxyl groups excluding tert-OH is 6. The van der Waals surface area contributed by atoms with Crippen LogP contribution in [-0.2, 0) is 130 Å². The summed E-state index contributed by atoms with van der Waals surface area (Å²) in [5, 5.41) is 94.1. The van der Waals surface area contributed by atoms with E-state index in [2.05, 4.69) is 10.6 Å². The van der Waals surface area contributed by atoms with Crippen LogP contribution in [0.5, 0.6) is 0 Å². The van der Waals surface area contributed by atoms with Crippen molar-refractivity contribution in [1.29, 1.82) is 0 Å². The number of esters is 3. The van der Waals surface area contributed by atoms with Crippen LogP contribution in [0.2, 0.25) is 0 Å². The van der Waals surface area contributed by atoms with Crippen molar-refractivity contribution in [1.82, 2.24) is 25.3 Å². The van der Waals surface area contributed by atoms with Gasteiger partial charge in [0.2, 0.25) is 29.5 Å². The molecule has 3 rings (SSSR count). The highest BCUT2D eigenvalue weighted by Crippen LogP contribution is 2.22. The number of carboxylic acids is 4. The number of nitrogens with zero attached hydrogens (tertiary/aromatic N) is 3. The monoisotopic (exact) mass is 1660 g/mol. The molecule has 0 aromatic heterocycles. The number of carboxylic acid groups (broad SMARTS) is 4. The predicted octanol–water partition coefficient (Wildman–Crippen LogP) is 1.21. The Kier molecular flexibility index (Phi) is 70.0. The fourth-order valence-electron chi connectivity index (χ4n) is 9.96. The van der Waals surface area contributed by atoms with Crippen molar-refractivity contribution in [3.8, 4) is 0 Å². The molecule has 38 heteroatoms. The van der Waals surface area contributed by atoms with Gasteiger partial charge in [-0.15, -0.1) is 0 Å². The first-order valence-corrected chi connectivity index (χ1v) is 37.5. The third kappa shape index (κ3) is 59.6. The molecule has 0 heterocycles. The lowest BCUT2D eigenvalue weighted by Gasteiger charge is -2.25. The zero-order chi connectivity index (χ0) is 88.4. The van der Waals surface area contributed by atoms with Gasteiger partial charge in [0.1, 0.15) is 64.6 Å². The molecule has 0 spiro atoms. The van der Waals surface area contributed by atoms with E-state index >= 15 is 0 Å². The lowest BCUT2D eigenvalue weighted by Crippen LogP contribution is -2.54. The molecule has 3 aromatic rings. The quantitative estimate of drug-likeness (QED) is 0.0215. The van der Waals surface area contributed by atoms with Crippen molar-refractivity contribution >= 4 is 103 Å². The second-order valence-electron chi connectivity index (χ2n) is 25.0. The number of rotatable bonds is 61. The van der Waals surface area contributed by atoms with Crippen LogP contribution in [0.4, 0.5) is 0 Å². The number of aliphatic hydroxyl groups is 6. The van der Waals surface area contributed by atoms with Crippen LogP contribution < -0.4 is 10.6 Å². The lowest BCUT2D eigenvalue weighted by molar-refractivity contribution is -0.151. The maximum atomic E-state index is 13.9. The Balaban J connectivity index is -0.00000184. The van der Waals surface area contributed by atoms with Gasteiger partial charge in [-0.3, -0.25) is 62.3 Å². The number of amides is 5. The predicted molar refractivity (Wildman–Crippen MR) is 414 cm³/mol. The fraction of sp³-hybridized carbons (Fsp3) is 0.557. The highest BCUT2D eigenvalue weighted by molar-refractivity contribution is 5.94. The first-order valence-electron chi connectivity index (χ1n) is 37.5. The fourth-order valence-corrected chi connectivity index (χ4v) is 9.96. The molecule has 38 nitrogen and oxygen atoms in total. The largest absolute Gasteiger partial charge is 0.481 e. The van der Waals surface area contributed by atoms with E-state index in [-0.39, 0.29) is 202 Å². The van der Waals surface area contributed by atoms with Crippen LogP contribution >= 0.6 is 0 Å². The van der Waals surface area contributed by atoms with Crippen molar-refractivity contribution in [2.45, 2.75) is 154 Å². The minimum Gasteiger partial charge on any atom is -0.481 e. The SMILES string of the molecule is C=O.C=O.C=O.O=C(CN(CCOCCCO)C(=O)CCCO)N[C@@H](CCC(=O)OCc1ccccc1)C(=O)N[C@@H](CCC(=O)OCc1ccccc1)C(=O)OCc1ccccc1.O=C(O)CCC(CC(=O)C(CCC(=O)O)CC(=O)CN(CCOCCCO)C(=O)CCCO)C(=O)O.O=C(O)CN(CCOCCCO)C(=O)CCCO. The Morgan fingerprint density at radius 2 is 0.709 bits per heavy atom. The second-order valence-corrected chi connectivity index (χ2v) is 25.0. The Morgan fingerprint density at radius 3 is 1.07 bits per heavy atom. The standard InChI is InChI=1S/C42H53N3O12.C23H37NO12.C11H21NO6.3CH2O/c46-24-10-18-38(49)45(23-27-54-26-11-25-47)28-37(48)43-35(19-21-39(50)55-29-32-12-4-1-5-13-32)41(52)44-36(42(53)57-31-34-16-8-3-9-17-34)20-22-40(51)56-30-33-14-6-2-7-15-33;25-9-1-3-20(29)24(8-12-36-11-2-10-26)15-18(27)13-16(4-6-21(30)31)19(28)14-17(23(34)35)5-7-22(32)33;13-5-1-3-10(15)12(9-11(16)17)4-8-18-7-2-6-14;3*1-2/h1-9,12-17,35-36,46-47H,10-11,18-31H2,(H,43,48)(H,44,52);16-17,25-26H,1-15H2,(H,30,31)(H,32,33)(H,34,35);13-14H,1-9H2,(H,16,17);3*1H2/t35-,36-;;;;;/m0...../s1. The molecule has 0 aliphatic rings. The van der Waals surface area contributed by atoms with E-state index in [4.69, 9.17) is 83.7 Å². The zero-order valence-electron chi connectivity index (χ0n) is 66.1. The number of benzene rings is 3. The lowest BCUT2D eigenvalue weighted by atomic mass is 9.86. The smallest absolute Gasteiger partial charge is 0.328 e. The molecule has 3 aromatic carbocycles. The summed E-state index contributed by atoms with van der Waals surface area (Å²) in [6.45, 7) is 5.51. The van der Waals surface area contributed by atoms with Crippen molar-refractivity contribution < 1.29 is 161 Å². The molecule has 656 valence electrons. The number of carbonyl (C=O) groups excluding carboxylic acids is 13. The van der Waals surface area contributed by atoms with E-state index in [1.165, 1.54) is 14.7 Å². The number of carbonyl (C=O) groups is 17. The molecule has 12 N–H and O–H groups in total. The Bertz CT molecular complexity index is 3260. The van der Waals surface area contributed by atoms with Gasteiger partial charge in [-0.1, -0.05) is 91.0 Å². The summed E-state index contributed by atoms with van der Waals surface area (Å²) < 4.78 is 32.1. The van der Waals surface area contributed by atoms with Gasteiger partial charge in [0.25, 0.3) is 0 Å². The van der Waals surface area contributed by atoms with Crippen molar-refractivity contribution in [3.05, 3.63) is 108 Å². The minimum absolute atomic E-state index is 0.0100. The molecule has 0 radical (unpaired) electrons. The topological polar surface area (TPSA) is 582 Å². The van der Waals surface area contributed by atoms with Gasteiger partial charge in [-0.05, 0) is 80.9 Å². The third-order valence-electron chi connectivity index (χ3n) is 16.0. The van der Waals surface area contributed by atoms with Gasteiger partial charge < -0.3 is 119 Å². The molecule has 0 saturated heterocycles. The summed E-state index contributed by atoms with van der Waals surface area (Å²) >= 11 is 0. The number of ether oxygens (including phenoxy) is 6. The minimum atomic E-state index is -1.38. The molecule has 2 unspecified atom stereocenters. The zero-order valence-corrected chi connectivity index (χ0v) is 66.1. The van der Waals surface area contributed by atoms with E-state index in [0.29, 0.717) is 37.9 Å². The van der Waals surface area contributed by atoms with Gasteiger partial charge in [-0.2, -0.15) is 0 Å². The molecule has 0 fully saturated rings. The van der Waals surface area contributed by atoms with Gasteiger partial charge in [-0.25, -0.2) is 4.79 Å². The van der Waals surface area contributed by atoms with Crippen LogP contribution in [0.3, 0.4) is 0 Å². The summed E-state index contributed by atoms with van der Waals surface area (Å²) in [6, 6.07) is 24.1. The summed E-state index contributed by atoms with van der Waals surface area (Å²) in [6.07, 6.45) is -1.32. The van der Waals surface area contributed by atoms with E-state index < -0.39 is 133 Å². The van der Waals surface area contributed by atoms with Crippen molar-refractivity contribution in [2.75, 3.05) is 119 Å². The number of ketones is 2.